The molecule has 0 amide bonds. The Morgan fingerprint density at radius 2 is 2.00 bits per heavy atom. The summed E-state index contributed by atoms with van der Waals surface area (Å²) in [5, 5.41) is 1.05. The molecule has 18 heavy (non-hydrogen) atoms. The summed E-state index contributed by atoms with van der Waals surface area (Å²) in [5.74, 6) is -0.437. The van der Waals surface area contributed by atoms with Crippen LogP contribution < -0.4 is 5.73 Å². The summed E-state index contributed by atoms with van der Waals surface area (Å²) in [7, 11) is 0. The van der Waals surface area contributed by atoms with Crippen molar-refractivity contribution in [2.75, 3.05) is 0 Å². The first kappa shape index (κ1) is 15.3. The van der Waals surface area contributed by atoms with E-state index in [4.69, 9.17) is 33.7 Å². The van der Waals surface area contributed by atoms with Crippen molar-refractivity contribution >= 4 is 29.2 Å². The molecule has 0 radical (unpaired) electrons. The van der Waals surface area contributed by atoms with Crippen molar-refractivity contribution in [1.82, 2.24) is 0 Å². The van der Waals surface area contributed by atoms with Crippen LogP contribution in [-0.4, -0.2) is 17.6 Å². The summed E-state index contributed by atoms with van der Waals surface area (Å²) in [6.45, 7) is 5.40. The quantitative estimate of drug-likeness (QED) is 0.870. The fraction of sp³-hybridized carbons (Fsp3) is 0.462. The third-order valence-corrected chi connectivity index (χ3v) is 2.75. The zero-order valence-electron chi connectivity index (χ0n) is 10.7. The second kappa shape index (κ2) is 5.91. The van der Waals surface area contributed by atoms with E-state index < -0.39 is 17.6 Å². The van der Waals surface area contributed by atoms with E-state index in [1.807, 2.05) is 0 Å². The fourth-order valence-electron chi connectivity index (χ4n) is 1.38. The summed E-state index contributed by atoms with van der Waals surface area (Å²) < 4.78 is 5.20. The van der Waals surface area contributed by atoms with Crippen LogP contribution in [0.2, 0.25) is 10.0 Å². The molecular formula is C13H17Cl2NO2. The second-order valence-corrected chi connectivity index (χ2v) is 5.92. The predicted octanol–water partition coefficient (Wildman–Crippen LogP) is 3.20. The second-order valence-electron chi connectivity index (χ2n) is 5.08. The average molecular weight is 290 g/mol. The van der Waals surface area contributed by atoms with Gasteiger partial charge in [-0.25, -0.2) is 0 Å². The lowest BCUT2D eigenvalue weighted by atomic mass is 10.1. The highest BCUT2D eigenvalue weighted by molar-refractivity contribution is 6.35. The largest absolute Gasteiger partial charge is 0.459 e. The van der Waals surface area contributed by atoms with Crippen LogP contribution in [0, 0.1) is 0 Å². The predicted molar refractivity (Wildman–Crippen MR) is 74.0 cm³/mol. The fourth-order valence-corrected chi connectivity index (χ4v) is 1.87. The zero-order valence-corrected chi connectivity index (χ0v) is 12.2. The lowest BCUT2D eigenvalue weighted by Gasteiger charge is -2.22. The van der Waals surface area contributed by atoms with Gasteiger partial charge < -0.3 is 10.5 Å². The number of esters is 1. The Kier molecular flexibility index (Phi) is 5.02. The molecule has 0 saturated carbocycles. The SMILES string of the molecule is CC(C)(C)OC(=O)[C@H](N)Cc1ccc(Cl)cc1Cl. The number of benzene rings is 1. The van der Waals surface area contributed by atoms with Crippen molar-refractivity contribution in [2.45, 2.75) is 38.8 Å². The number of halogens is 2. The Balaban J connectivity index is 2.69. The number of hydrogen-bond donors (Lipinski definition) is 1. The Morgan fingerprint density at radius 1 is 1.39 bits per heavy atom. The molecule has 0 aliphatic rings. The highest BCUT2D eigenvalue weighted by Crippen LogP contribution is 2.22. The molecule has 0 spiro atoms. The van der Waals surface area contributed by atoms with Gasteiger partial charge in [0.1, 0.15) is 11.6 Å². The van der Waals surface area contributed by atoms with Crippen LogP contribution in [0.4, 0.5) is 0 Å². The Hall–Kier alpha value is -0.770. The van der Waals surface area contributed by atoms with Crippen molar-refractivity contribution in [3.05, 3.63) is 33.8 Å². The monoisotopic (exact) mass is 289 g/mol. The highest BCUT2D eigenvalue weighted by atomic mass is 35.5. The van der Waals surface area contributed by atoms with Crippen molar-refractivity contribution in [3.8, 4) is 0 Å². The molecule has 5 heteroatoms. The van der Waals surface area contributed by atoms with Crippen molar-refractivity contribution in [1.29, 1.82) is 0 Å². The topological polar surface area (TPSA) is 52.3 Å². The maximum absolute atomic E-state index is 11.7. The molecule has 1 atom stereocenters. The minimum absolute atomic E-state index is 0.324. The number of hydrogen-bond acceptors (Lipinski definition) is 3. The zero-order chi connectivity index (χ0) is 13.9. The van der Waals surface area contributed by atoms with Crippen LogP contribution in [0.25, 0.3) is 0 Å². The number of rotatable bonds is 3. The molecule has 100 valence electrons. The van der Waals surface area contributed by atoms with Gasteiger partial charge in [-0.15, -0.1) is 0 Å². The Labute approximate surface area is 117 Å². The van der Waals surface area contributed by atoms with E-state index in [0.717, 1.165) is 5.56 Å². The standard InChI is InChI=1S/C13H17Cl2NO2/c1-13(2,3)18-12(17)11(16)6-8-4-5-9(14)7-10(8)15/h4-5,7,11H,6,16H2,1-3H3/t11-/m1/s1. The van der Waals surface area contributed by atoms with E-state index in [9.17, 15) is 4.79 Å². The molecule has 0 heterocycles. The van der Waals surface area contributed by atoms with E-state index in [1.54, 1.807) is 39.0 Å². The van der Waals surface area contributed by atoms with Gasteiger partial charge in [0, 0.05) is 10.0 Å². The lowest BCUT2D eigenvalue weighted by molar-refractivity contribution is -0.156. The molecule has 2 N–H and O–H groups in total. The van der Waals surface area contributed by atoms with E-state index in [0.29, 0.717) is 16.5 Å². The summed E-state index contributed by atoms with van der Waals surface area (Å²) in [4.78, 5) is 11.7. The van der Waals surface area contributed by atoms with Gasteiger partial charge in [0.05, 0.1) is 0 Å². The minimum atomic E-state index is -0.733. The van der Waals surface area contributed by atoms with Gasteiger partial charge in [0.25, 0.3) is 0 Å². The van der Waals surface area contributed by atoms with Gasteiger partial charge in [-0.2, -0.15) is 0 Å². The molecule has 0 aliphatic carbocycles. The first-order valence-corrected chi connectivity index (χ1v) is 6.37. The summed E-state index contributed by atoms with van der Waals surface area (Å²) >= 11 is 11.8. The molecule has 1 rings (SSSR count). The van der Waals surface area contributed by atoms with Gasteiger partial charge in [-0.05, 0) is 44.9 Å². The summed E-state index contributed by atoms with van der Waals surface area (Å²) in [6.07, 6.45) is 0.324. The Bertz CT molecular complexity index is 441. The number of ether oxygens (including phenoxy) is 1. The van der Waals surface area contributed by atoms with E-state index in [2.05, 4.69) is 0 Å². The molecule has 0 fully saturated rings. The molecule has 0 saturated heterocycles. The van der Waals surface area contributed by atoms with Gasteiger partial charge in [-0.3, -0.25) is 4.79 Å². The minimum Gasteiger partial charge on any atom is -0.459 e. The van der Waals surface area contributed by atoms with E-state index in [1.165, 1.54) is 0 Å². The van der Waals surface area contributed by atoms with Crippen molar-refractivity contribution in [3.63, 3.8) is 0 Å². The third-order valence-electron chi connectivity index (χ3n) is 2.16. The van der Waals surface area contributed by atoms with Gasteiger partial charge in [0.2, 0.25) is 0 Å². The number of carbonyl (C=O) groups excluding carboxylic acids is 1. The number of nitrogens with two attached hydrogens (primary N) is 1. The van der Waals surface area contributed by atoms with Gasteiger partial charge in [0.15, 0.2) is 0 Å². The van der Waals surface area contributed by atoms with E-state index in [-0.39, 0.29) is 0 Å². The molecule has 0 unspecified atom stereocenters. The van der Waals surface area contributed by atoms with Crippen LogP contribution in [0.15, 0.2) is 18.2 Å². The average Bonchev–Trinajstić information content (AvgIpc) is 2.19. The first-order valence-electron chi connectivity index (χ1n) is 5.61. The molecule has 3 nitrogen and oxygen atoms in total. The molecule has 1 aromatic rings. The highest BCUT2D eigenvalue weighted by Gasteiger charge is 2.22. The van der Waals surface area contributed by atoms with Gasteiger partial charge in [-0.1, -0.05) is 29.3 Å². The number of carbonyl (C=O) groups is 1. The smallest absolute Gasteiger partial charge is 0.323 e. The maximum atomic E-state index is 11.7. The lowest BCUT2D eigenvalue weighted by Crippen LogP contribution is -2.38. The molecule has 0 aromatic heterocycles. The molecular weight excluding hydrogens is 273 g/mol. The van der Waals surface area contributed by atoms with Crippen LogP contribution in [0.3, 0.4) is 0 Å². The van der Waals surface area contributed by atoms with Crippen LogP contribution in [0.1, 0.15) is 26.3 Å². The normalized spacial score (nSPS) is 13.2. The maximum Gasteiger partial charge on any atom is 0.323 e. The van der Waals surface area contributed by atoms with E-state index >= 15 is 0 Å². The molecule has 0 bridgehead atoms. The van der Waals surface area contributed by atoms with Crippen molar-refractivity contribution in [2.24, 2.45) is 5.73 Å². The van der Waals surface area contributed by atoms with Crippen LogP contribution in [0.5, 0.6) is 0 Å². The summed E-state index contributed by atoms with van der Waals surface area (Å²) in [6, 6.07) is 4.36. The summed E-state index contributed by atoms with van der Waals surface area (Å²) in [5.41, 5.74) is 6.03. The van der Waals surface area contributed by atoms with Crippen LogP contribution >= 0.6 is 23.2 Å². The molecule has 0 aliphatic heterocycles. The molecule has 1 aromatic carbocycles. The van der Waals surface area contributed by atoms with Crippen LogP contribution in [-0.2, 0) is 16.0 Å². The van der Waals surface area contributed by atoms with Gasteiger partial charge >= 0.3 is 5.97 Å². The Morgan fingerprint density at radius 3 is 2.50 bits per heavy atom. The first-order chi connectivity index (χ1) is 8.19. The van der Waals surface area contributed by atoms with Crippen molar-refractivity contribution < 1.29 is 9.53 Å². The third kappa shape index (κ3) is 4.84.